The number of rotatable bonds is 5. The van der Waals surface area contributed by atoms with E-state index in [4.69, 9.17) is 16.6 Å². The Morgan fingerprint density at radius 1 is 1.11 bits per heavy atom. The van der Waals surface area contributed by atoms with Crippen molar-refractivity contribution in [1.82, 2.24) is 9.38 Å². The summed E-state index contributed by atoms with van der Waals surface area (Å²) in [6.45, 7) is 3.75. The van der Waals surface area contributed by atoms with Crippen LogP contribution in [0, 0.1) is 0 Å². The van der Waals surface area contributed by atoms with E-state index in [9.17, 15) is 0 Å². The molecule has 3 nitrogen and oxygen atoms in total. The Morgan fingerprint density at radius 3 is 2.70 bits per heavy atom. The Bertz CT molecular complexity index is 980. The van der Waals surface area contributed by atoms with Gasteiger partial charge < -0.3 is 5.32 Å². The van der Waals surface area contributed by atoms with Crippen LogP contribution in [-0.4, -0.2) is 15.4 Å². The highest BCUT2D eigenvalue weighted by Gasteiger charge is 2.20. The summed E-state index contributed by atoms with van der Waals surface area (Å²) in [6.07, 6.45) is 14.2. The fourth-order valence-corrected chi connectivity index (χ4v) is 3.98. The lowest BCUT2D eigenvalue weighted by Crippen LogP contribution is -2.23. The van der Waals surface area contributed by atoms with E-state index in [2.05, 4.69) is 34.6 Å². The van der Waals surface area contributed by atoms with Crippen molar-refractivity contribution < 1.29 is 0 Å². The second kappa shape index (κ2) is 8.01. The molecule has 1 aliphatic carbocycles. The molecule has 0 unspecified atom stereocenters. The van der Waals surface area contributed by atoms with Crippen LogP contribution in [0.2, 0.25) is 5.02 Å². The number of hydrogen-bond donors (Lipinski definition) is 1. The molecule has 2 aromatic heterocycles. The average Bonchev–Trinajstić information content (AvgIpc) is 3.05. The van der Waals surface area contributed by atoms with Crippen LogP contribution in [-0.2, 0) is 0 Å². The second-order valence-corrected chi connectivity index (χ2v) is 7.46. The van der Waals surface area contributed by atoms with Crippen LogP contribution in [0.3, 0.4) is 0 Å². The number of pyridine rings is 1. The Balaban J connectivity index is 1.85. The second-order valence-electron chi connectivity index (χ2n) is 7.05. The number of aromatic nitrogens is 2. The summed E-state index contributed by atoms with van der Waals surface area (Å²) in [4.78, 5) is 4.90. The highest BCUT2D eigenvalue weighted by Crippen LogP contribution is 2.35. The summed E-state index contributed by atoms with van der Waals surface area (Å²) in [5.41, 5.74) is 3.90. The van der Waals surface area contributed by atoms with Gasteiger partial charge in [-0.05, 0) is 36.6 Å². The van der Waals surface area contributed by atoms with E-state index in [1.54, 1.807) is 6.08 Å². The van der Waals surface area contributed by atoms with Gasteiger partial charge in [-0.25, -0.2) is 4.98 Å². The van der Waals surface area contributed by atoms with E-state index in [-0.39, 0.29) is 0 Å². The van der Waals surface area contributed by atoms with Gasteiger partial charge in [0.2, 0.25) is 0 Å². The molecule has 2 heterocycles. The first-order valence-corrected chi connectivity index (χ1v) is 9.97. The molecule has 1 fully saturated rings. The maximum atomic E-state index is 6.50. The molecule has 0 radical (unpaired) electrons. The molecular formula is C23H24ClN3. The van der Waals surface area contributed by atoms with E-state index in [0.717, 1.165) is 33.3 Å². The Labute approximate surface area is 165 Å². The van der Waals surface area contributed by atoms with E-state index in [1.807, 2.05) is 36.4 Å². The highest BCUT2D eigenvalue weighted by atomic mass is 35.5. The summed E-state index contributed by atoms with van der Waals surface area (Å²) in [5.74, 6) is 1.03. The van der Waals surface area contributed by atoms with Gasteiger partial charge in [0, 0.05) is 17.8 Å². The number of hydrogen-bond acceptors (Lipinski definition) is 2. The van der Waals surface area contributed by atoms with Crippen LogP contribution in [0.5, 0.6) is 0 Å². The van der Waals surface area contributed by atoms with Gasteiger partial charge in [-0.2, -0.15) is 0 Å². The third-order valence-electron chi connectivity index (χ3n) is 5.14. The minimum atomic E-state index is 0.479. The zero-order valence-electron chi connectivity index (χ0n) is 15.4. The van der Waals surface area contributed by atoms with E-state index >= 15 is 0 Å². The standard InChI is InChI=1S/C23H24ClN3/c1-2-3-9-17-14-15-21-26-22(19-12-7-8-13-20(19)24)23(27(21)16-17)25-18-10-5-4-6-11-18/h2-3,7-9,12-16,18,25H,1,4-6,10-11H2/b9-3+. The van der Waals surface area contributed by atoms with Gasteiger partial charge in [-0.15, -0.1) is 0 Å². The molecule has 4 rings (SSSR count). The molecule has 0 aliphatic heterocycles. The molecule has 0 bridgehead atoms. The van der Waals surface area contributed by atoms with Crippen molar-refractivity contribution in [2.24, 2.45) is 0 Å². The van der Waals surface area contributed by atoms with Gasteiger partial charge in [0.25, 0.3) is 0 Å². The summed E-state index contributed by atoms with van der Waals surface area (Å²) >= 11 is 6.50. The van der Waals surface area contributed by atoms with Crippen LogP contribution in [0.4, 0.5) is 5.82 Å². The molecule has 1 saturated carbocycles. The van der Waals surface area contributed by atoms with E-state index in [0.29, 0.717) is 6.04 Å². The number of nitrogens with zero attached hydrogens (tertiary/aromatic N) is 2. The Morgan fingerprint density at radius 2 is 1.93 bits per heavy atom. The number of halogens is 1. The largest absolute Gasteiger partial charge is 0.367 e. The topological polar surface area (TPSA) is 29.3 Å². The summed E-state index contributed by atoms with van der Waals surface area (Å²) in [7, 11) is 0. The van der Waals surface area contributed by atoms with Gasteiger partial charge in [0.1, 0.15) is 17.2 Å². The monoisotopic (exact) mass is 377 g/mol. The fourth-order valence-electron chi connectivity index (χ4n) is 3.76. The lowest BCUT2D eigenvalue weighted by atomic mass is 9.95. The molecule has 1 aromatic carbocycles. The predicted molar refractivity (Wildman–Crippen MR) is 115 cm³/mol. The molecule has 138 valence electrons. The molecule has 4 heteroatoms. The minimum absolute atomic E-state index is 0.479. The van der Waals surface area contributed by atoms with Gasteiger partial charge in [0.15, 0.2) is 0 Å². The minimum Gasteiger partial charge on any atom is -0.367 e. The number of anilines is 1. The zero-order valence-corrected chi connectivity index (χ0v) is 16.1. The lowest BCUT2D eigenvalue weighted by Gasteiger charge is -2.24. The third kappa shape index (κ3) is 3.79. The van der Waals surface area contributed by atoms with Gasteiger partial charge in [-0.3, -0.25) is 4.40 Å². The van der Waals surface area contributed by atoms with Crippen molar-refractivity contribution in [2.75, 3.05) is 5.32 Å². The van der Waals surface area contributed by atoms with Gasteiger partial charge in [0.05, 0.1) is 5.02 Å². The Kier molecular flexibility index (Phi) is 5.30. The number of nitrogens with one attached hydrogen (secondary N) is 1. The molecule has 0 atom stereocenters. The van der Waals surface area contributed by atoms with Crippen LogP contribution in [0.25, 0.3) is 23.0 Å². The number of imidazole rings is 1. The number of fused-ring (bicyclic) bond motifs is 1. The van der Waals surface area contributed by atoms with Crippen LogP contribution < -0.4 is 5.32 Å². The highest BCUT2D eigenvalue weighted by molar-refractivity contribution is 6.33. The molecule has 0 spiro atoms. The van der Waals surface area contributed by atoms with E-state index in [1.165, 1.54) is 32.1 Å². The van der Waals surface area contributed by atoms with Crippen molar-refractivity contribution >= 4 is 29.1 Å². The normalized spacial score (nSPS) is 15.4. The van der Waals surface area contributed by atoms with Gasteiger partial charge >= 0.3 is 0 Å². The van der Waals surface area contributed by atoms with Crippen molar-refractivity contribution in [2.45, 2.75) is 38.1 Å². The third-order valence-corrected chi connectivity index (χ3v) is 5.47. The Hall–Kier alpha value is -2.52. The number of benzene rings is 1. The number of allylic oxidation sites excluding steroid dienone is 2. The lowest BCUT2D eigenvalue weighted by molar-refractivity contribution is 0.462. The maximum absolute atomic E-state index is 6.50. The SMILES string of the molecule is C=C/C=C/c1ccc2nc(-c3ccccc3Cl)c(NC3CCCCC3)n2c1. The summed E-state index contributed by atoms with van der Waals surface area (Å²) in [5, 5.41) is 4.50. The van der Waals surface area contributed by atoms with Crippen LogP contribution in [0.15, 0.2) is 61.3 Å². The molecule has 1 N–H and O–H groups in total. The van der Waals surface area contributed by atoms with Crippen molar-refractivity contribution in [3.8, 4) is 11.3 Å². The van der Waals surface area contributed by atoms with Gasteiger partial charge in [-0.1, -0.05) is 73.9 Å². The van der Waals surface area contributed by atoms with Crippen molar-refractivity contribution in [1.29, 1.82) is 0 Å². The zero-order chi connectivity index (χ0) is 18.6. The predicted octanol–water partition coefficient (Wildman–Crippen LogP) is 6.60. The van der Waals surface area contributed by atoms with Crippen LogP contribution >= 0.6 is 11.6 Å². The molecule has 3 aromatic rings. The maximum Gasteiger partial charge on any atom is 0.139 e. The molecule has 1 aliphatic rings. The average molecular weight is 378 g/mol. The molecular weight excluding hydrogens is 354 g/mol. The molecule has 0 amide bonds. The molecule has 0 saturated heterocycles. The van der Waals surface area contributed by atoms with Crippen molar-refractivity contribution in [3.63, 3.8) is 0 Å². The first-order chi connectivity index (χ1) is 13.3. The first kappa shape index (κ1) is 17.9. The summed E-state index contributed by atoms with van der Waals surface area (Å²) in [6, 6.07) is 12.5. The van der Waals surface area contributed by atoms with Crippen molar-refractivity contribution in [3.05, 3.63) is 71.9 Å². The first-order valence-electron chi connectivity index (χ1n) is 9.59. The quantitative estimate of drug-likeness (QED) is 0.507. The molecule has 27 heavy (non-hydrogen) atoms. The summed E-state index contributed by atoms with van der Waals surface area (Å²) < 4.78 is 2.15. The van der Waals surface area contributed by atoms with Crippen LogP contribution in [0.1, 0.15) is 37.7 Å². The van der Waals surface area contributed by atoms with E-state index < -0.39 is 0 Å². The smallest absolute Gasteiger partial charge is 0.139 e. The fraction of sp³-hybridized carbons (Fsp3) is 0.261.